The number of pyridine rings is 1. The van der Waals surface area contributed by atoms with Crippen LogP contribution in [0.3, 0.4) is 0 Å². The SMILES string of the molecule is CC(C)(C)OC(=O)[C@@H]1CCCN1Cc1ccnc(Br)c1F. The van der Waals surface area contributed by atoms with Crippen molar-refractivity contribution in [3.8, 4) is 0 Å². The molecule has 2 heterocycles. The first-order chi connectivity index (χ1) is 9.78. The number of rotatable bonds is 3. The number of carbonyl (C=O) groups excluding carboxylic acids is 1. The van der Waals surface area contributed by atoms with Crippen LogP contribution in [0.1, 0.15) is 39.2 Å². The maximum absolute atomic E-state index is 14.0. The Bertz CT molecular complexity index is 531. The van der Waals surface area contributed by atoms with E-state index in [9.17, 15) is 9.18 Å². The van der Waals surface area contributed by atoms with E-state index in [-0.39, 0.29) is 22.4 Å². The molecule has 1 fully saturated rings. The summed E-state index contributed by atoms with van der Waals surface area (Å²) < 4.78 is 19.7. The third-order valence-electron chi connectivity index (χ3n) is 3.34. The highest BCUT2D eigenvalue weighted by Gasteiger charge is 2.34. The quantitative estimate of drug-likeness (QED) is 0.614. The van der Waals surface area contributed by atoms with E-state index in [1.165, 1.54) is 0 Å². The van der Waals surface area contributed by atoms with Crippen molar-refractivity contribution in [3.63, 3.8) is 0 Å². The Labute approximate surface area is 132 Å². The largest absolute Gasteiger partial charge is 0.459 e. The smallest absolute Gasteiger partial charge is 0.323 e. The Balaban J connectivity index is 2.09. The second kappa shape index (κ2) is 6.40. The van der Waals surface area contributed by atoms with Gasteiger partial charge in [0.25, 0.3) is 0 Å². The number of aromatic nitrogens is 1. The lowest BCUT2D eigenvalue weighted by Gasteiger charge is -2.27. The van der Waals surface area contributed by atoms with Crippen LogP contribution in [0.2, 0.25) is 0 Å². The standard InChI is InChI=1S/C15H20BrFN2O2/c1-15(2,3)21-14(20)11-5-4-8-19(11)9-10-6-7-18-13(16)12(10)17/h6-7,11H,4-5,8-9H2,1-3H3/t11-/m0/s1. The van der Waals surface area contributed by atoms with E-state index in [4.69, 9.17) is 4.74 Å². The van der Waals surface area contributed by atoms with Crippen LogP contribution < -0.4 is 0 Å². The molecule has 0 aromatic carbocycles. The molecule has 0 spiro atoms. The van der Waals surface area contributed by atoms with Crippen molar-refractivity contribution in [2.75, 3.05) is 6.54 Å². The number of esters is 1. The minimum absolute atomic E-state index is 0.202. The molecule has 0 radical (unpaired) electrons. The Morgan fingerprint density at radius 2 is 2.29 bits per heavy atom. The second-order valence-corrected chi connectivity index (χ2v) is 6.99. The van der Waals surface area contributed by atoms with Crippen molar-refractivity contribution in [1.82, 2.24) is 9.88 Å². The summed E-state index contributed by atoms with van der Waals surface area (Å²) in [6, 6.07) is 1.35. The minimum Gasteiger partial charge on any atom is -0.459 e. The summed E-state index contributed by atoms with van der Waals surface area (Å²) in [6.07, 6.45) is 3.22. The summed E-state index contributed by atoms with van der Waals surface area (Å²) >= 11 is 3.08. The molecule has 1 aliphatic heterocycles. The number of hydrogen-bond acceptors (Lipinski definition) is 4. The maximum atomic E-state index is 14.0. The normalized spacial score (nSPS) is 19.8. The van der Waals surface area contributed by atoms with Gasteiger partial charge in [-0.05, 0) is 62.2 Å². The highest BCUT2D eigenvalue weighted by atomic mass is 79.9. The average Bonchev–Trinajstić information content (AvgIpc) is 2.81. The second-order valence-electron chi connectivity index (χ2n) is 6.24. The summed E-state index contributed by atoms with van der Waals surface area (Å²) in [4.78, 5) is 18.1. The predicted molar refractivity (Wildman–Crippen MR) is 81.2 cm³/mol. The Morgan fingerprint density at radius 1 is 1.57 bits per heavy atom. The third-order valence-corrected chi connectivity index (χ3v) is 3.90. The van der Waals surface area contributed by atoms with Crippen LogP contribution in [0.5, 0.6) is 0 Å². The molecule has 2 rings (SSSR count). The van der Waals surface area contributed by atoms with Crippen molar-refractivity contribution >= 4 is 21.9 Å². The van der Waals surface area contributed by atoms with Crippen molar-refractivity contribution in [2.45, 2.75) is 51.8 Å². The molecule has 0 aliphatic carbocycles. The monoisotopic (exact) mass is 358 g/mol. The molecular weight excluding hydrogens is 339 g/mol. The van der Waals surface area contributed by atoms with Gasteiger partial charge >= 0.3 is 5.97 Å². The van der Waals surface area contributed by atoms with E-state index in [1.54, 1.807) is 12.3 Å². The predicted octanol–water partition coefficient (Wildman–Crippen LogP) is 3.29. The van der Waals surface area contributed by atoms with E-state index in [0.29, 0.717) is 12.1 Å². The van der Waals surface area contributed by atoms with E-state index in [2.05, 4.69) is 20.9 Å². The van der Waals surface area contributed by atoms with Crippen LogP contribution in [-0.4, -0.2) is 34.0 Å². The number of halogens is 2. The fourth-order valence-corrected chi connectivity index (χ4v) is 2.82. The highest BCUT2D eigenvalue weighted by Crippen LogP contribution is 2.25. The Morgan fingerprint density at radius 3 is 2.95 bits per heavy atom. The van der Waals surface area contributed by atoms with Gasteiger partial charge in [0.2, 0.25) is 0 Å². The number of hydrogen-bond donors (Lipinski definition) is 0. The molecule has 0 unspecified atom stereocenters. The van der Waals surface area contributed by atoms with Gasteiger partial charge in [-0.3, -0.25) is 9.69 Å². The van der Waals surface area contributed by atoms with Crippen LogP contribution in [0.4, 0.5) is 4.39 Å². The summed E-state index contributed by atoms with van der Waals surface area (Å²) in [5.74, 6) is -0.596. The molecule has 0 N–H and O–H groups in total. The lowest BCUT2D eigenvalue weighted by atomic mass is 10.1. The van der Waals surface area contributed by atoms with Gasteiger partial charge in [-0.25, -0.2) is 9.37 Å². The molecule has 1 saturated heterocycles. The van der Waals surface area contributed by atoms with Gasteiger partial charge in [0.05, 0.1) is 0 Å². The highest BCUT2D eigenvalue weighted by molar-refractivity contribution is 9.10. The molecule has 6 heteroatoms. The van der Waals surface area contributed by atoms with Crippen molar-refractivity contribution in [2.24, 2.45) is 0 Å². The molecule has 4 nitrogen and oxygen atoms in total. The summed E-state index contributed by atoms with van der Waals surface area (Å²) in [7, 11) is 0. The topological polar surface area (TPSA) is 42.4 Å². The Kier molecular flexibility index (Phi) is 4.99. The third kappa shape index (κ3) is 4.23. The zero-order valence-electron chi connectivity index (χ0n) is 12.5. The first kappa shape index (κ1) is 16.4. The van der Waals surface area contributed by atoms with Gasteiger partial charge in [0.15, 0.2) is 5.82 Å². The number of nitrogens with zero attached hydrogens (tertiary/aromatic N) is 2. The summed E-state index contributed by atoms with van der Waals surface area (Å²) in [5.41, 5.74) is 0.0309. The zero-order valence-corrected chi connectivity index (χ0v) is 14.1. The molecular formula is C15H20BrFN2O2. The fraction of sp³-hybridized carbons (Fsp3) is 0.600. The lowest BCUT2D eigenvalue weighted by molar-refractivity contribution is -0.160. The molecule has 1 aromatic rings. The number of carbonyl (C=O) groups is 1. The average molecular weight is 359 g/mol. The lowest BCUT2D eigenvalue weighted by Crippen LogP contribution is -2.40. The van der Waals surface area contributed by atoms with Gasteiger partial charge in [-0.15, -0.1) is 0 Å². The van der Waals surface area contributed by atoms with Crippen LogP contribution >= 0.6 is 15.9 Å². The molecule has 0 amide bonds. The van der Waals surface area contributed by atoms with Gasteiger partial charge < -0.3 is 4.74 Å². The van der Waals surface area contributed by atoms with Crippen LogP contribution in [-0.2, 0) is 16.1 Å². The van der Waals surface area contributed by atoms with Gasteiger partial charge in [0.1, 0.15) is 16.2 Å². The first-order valence-corrected chi connectivity index (χ1v) is 7.83. The number of likely N-dealkylation sites (tertiary alicyclic amines) is 1. The molecule has 1 atom stereocenters. The van der Waals surface area contributed by atoms with Crippen molar-refractivity contribution in [3.05, 3.63) is 28.2 Å². The van der Waals surface area contributed by atoms with Gasteiger partial charge in [-0.2, -0.15) is 0 Å². The fourth-order valence-electron chi connectivity index (χ4n) is 2.45. The Hall–Kier alpha value is -1.01. The van der Waals surface area contributed by atoms with E-state index >= 15 is 0 Å². The molecule has 21 heavy (non-hydrogen) atoms. The maximum Gasteiger partial charge on any atom is 0.323 e. The van der Waals surface area contributed by atoms with E-state index in [0.717, 1.165) is 19.4 Å². The van der Waals surface area contributed by atoms with Crippen molar-refractivity contribution < 1.29 is 13.9 Å². The molecule has 0 bridgehead atoms. The van der Waals surface area contributed by atoms with Gasteiger partial charge in [0, 0.05) is 18.3 Å². The molecule has 116 valence electrons. The molecule has 1 aliphatic rings. The summed E-state index contributed by atoms with van der Waals surface area (Å²) in [6.45, 7) is 6.71. The van der Waals surface area contributed by atoms with Crippen LogP contribution in [0.25, 0.3) is 0 Å². The van der Waals surface area contributed by atoms with Crippen molar-refractivity contribution in [1.29, 1.82) is 0 Å². The zero-order chi connectivity index (χ0) is 15.6. The number of ether oxygens (including phenoxy) is 1. The van der Waals surface area contributed by atoms with Gasteiger partial charge in [-0.1, -0.05) is 0 Å². The first-order valence-electron chi connectivity index (χ1n) is 7.04. The molecule has 1 aromatic heterocycles. The summed E-state index contributed by atoms with van der Waals surface area (Å²) in [5, 5.41) is 0. The van der Waals surface area contributed by atoms with E-state index < -0.39 is 5.60 Å². The van der Waals surface area contributed by atoms with E-state index in [1.807, 2.05) is 25.7 Å². The molecule has 0 saturated carbocycles. The van der Waals surface area contributed by atoms with Crippen LogP contribution in [0.15, 0.2) is 16.9 Å². The minimum atomic E-state index is -0.504. The van der Waals surface area contributed by atoms with Crippen LogP contribution in [0, 0.1) is 5.82 Å².